The Morgan fingerprint density at radius 2 is 2.14 bits per heavy atom. The van der Waals surface area contributed by atoms with Crippen molar-refractivity contribution in [3.8, 4) is 0 Å². The highest BCUT2D eigenvalue weighted by Crippen LogP contribution is 2.10. The van der Waals surface area contributed by atoms with E-state index in [9.17, 15) is 8.42 Å². The minimum atomic E-state index is -2.99. The molecule has 1 atom stereocenters. The molecule has 0 aliphatic carbocycles. The smallest absolute Gasteiger partial charge is 0.173 e. The zero-order valence-corrected chi connectivity index (χ0v) is 14.2. The summed E-state index contributed by atoms with van der Waals surface area (Å²) in [7, 11) is -2.99. The lowest BCUT2D eigenvalue weighted by atomic mass is 10.3. The van der Waals surface area contributed by atoms with Crippen molar-refractivity contribution in [2.45, 2.75) is 19.1 Å². The quantitative estimate of drug-likeness (QED) is 0.804. The molecule has 2 aliphatic rings. The van der Waals surface area contributed by atoms with Crippen LogP contribution in [0.3, 0.4) is 0 Å². The van der Waals surface area contributed by atoms with Crippen LogP contribution in [0.15, 0.2) is 23.9 Å². The molecule has 1 unspecified atom stereocenters. The molecule has 8 heteroatoms. The molecule has 0 amide bonds. The van der Waals surface area contributed by atoms with E-state index in [1.54, 1.807) is 6.08 Å². The van der Waals surface area contributed by atoms with E-state index in [1.807, 2.05) is 28.8 Å². The number of rotatable bonds is 6. The molecule has 1 N–H and O–H groups in total. The molecule has 0 spiro atoms. The number of thioether (sulfide) groups is 1. The van der Waals surface area contributed by atoms with Gasteiger partial charge in [-0.05, 0) is 0 Å². The molecular weight excluding hydrogens is 320 g/mol. The van der Waals surface area contributed by atoms with E-state index in [0.29, 0.717) is 6.54 Å². The normalized spacial score (nSPS) is 24.8. The maximum atomic E-state index is 11.3. The van der Waals surface area contributed by atoms with Gasteiger partial charge in [0.1, 0.15) is 0 Å². The van der Waals surface area contributed by atoms with E-state index in [2.05, 4.69) is 15.3 Å². The fraction of sp³-hybridized carbons (Fsp3) is 0.643. The van der Waals surface area contributed by atoms with Crippen LogP contribution in [0.25, 0.3) is 0 Å². The van der Waals surface area contributed by atoms with Gasteiger partial charge in [-0.25, -0.2) is 8.42 Å². The zero-order valence-electron chi connectivity index (χ0n) is 12.5. The summed E-state index contributed by atoms with van der Waals surface area (Å²) >= 11 is 2.02. The molecule has 1 saturated heterocycles. The SMILES string of the molecule is O=S1(=O)C=CC(NCc2cnn(CCN3CCSCC3)c2)C1. The van der Waals surface area contributed by atoms with E-state index in [-0.39, 0.29) is 11.8 Å². The van der Waals surface area contributed by atoms with Gasteiger partial charge in [0.15, 0.2) is 9.84 Å². The predicted octanol–water partition coefficient (Wildman–Crippen LogP) is 0.332. The molecule has 6 nitrogen and oxygen atoms in total. The molecule has 122 valence electrons. The summed E-state index contributed by atoms with van der Waals surface area (Å²) in [6.07, 6.45) is 5.61. The van der Waals surface area contributed by atoms with Gasteiger partial charge in [0.2, 0.25) is 0 Å². The first-order chi connectivity index (χ1) is 10.6. The molecule has 0 radical (unpaired) electrons. The second kappa shape index (κ2) is 7.16. The van der Waals surface area contributed by atoms with Crippen molar-refractivity contribution >= 4 is 21.6 Å². The maximum Gasteiger partial charge on any atom is 0.173 e. The lowest BCUT2D eigenvalue weighted by molar-refractivity contribution is 0.284. The van der Waals surface area contributed by atoms with E-state index >= 15 is 0 Å². The lowest BCUT2D eigenvalue weighted by Gasteiger charge is -2.25. The van der Waals surface area contributed by atoms with Crippen LogP contribution in [-0.2, 0) is 22.9 Å². The highest BCUT2D eigenvalue weighted by atomic mass is 32.2. The summed E-state index contributed by atoms with van der Waals surface area (Å²) in [5.74, 6) is 2.62. The molecule has 0 aromatic carbocycles. The molecule has 0 saturated carbocycles. The molecule has 1 aromatic heterocycles. The summed E-state index contributed by atoms with van der Waals surface area (Å²) in [5.41, 5.74) is 1.09. The van der Waals surface area contributed by atoms with Crippen LogP contribution in [0.5, 0.6) is 0 Å². The molecule has 1 aromatic rings. The van der Waals surface area contributed by atoms with E-state index in [4.69, 9.17) is 0 Å². The summed E-state index contributed by atoms with van der Waals surface area (Å²) in [5, 5.41) is 8.92. The number of hydrogen-bond acceptors (Lipinski definition) is 6. The average molecular weight is 342 g/mol. The number of sulfone groups is 1. The Hall–Kier alpha value is -0.830. The van der Waals surface area contributed by atoms with E-state index < -0.39 is 9.84 Å². The van der Waals surface area contributed by atoms with Crippen LogP contribution in [0.1, 0.15) is 5.56 Å². The molecule has 1 fully saturated rings. The van der Waals surface area contributed by atoms with Crippen molar-refractivity contribution in [3.05, 3.63) is 29.4 Å². The number of nitrogens with zero attached hydrogens (tertiary/aromatic N) is 3. The largest absolute Gasteiger partial charge is 0.305 e. The van der Waals surface area contributed by atoms with Crippen LogP contribution < -0.4 is 5.32 Å². The Morgan fingerprint density at radius 1 is 1.32 bits per heavy atom. The van der Waals surface area contributed by atoms with E-state index in [0.717, 1.165) is 18.7 Å². The molecule has 0 bridgehead atoms. The summed E-state index contributed by atoms with van der Waals surface area (Å²) in [6.45, 7) is 4.93. The second-order valence-electron chi connectivity index (χ2n) is 5.71. The van der Waals surface area contributed by atoms with Crippen molar-refractivity contribution in [2.75, 3.05) is 36.9 Å². The van der Waals surface area contributed by atoms with Crippen LogP contribution in [0.4, 0.5) is 0 Å². The standard InChI is InChI=1S/C14H22N4O2S2/c19-22(20)8-1-14(12-22)15-9-13-10-16-18(11-13)3-2-17-4-6-21-7-5-17/h1,8,10-11,14-15H,2-7,9,12H2. The molecule has 2 aliphatic heterocycles. The Morgan fingerprint density at radius 3 is 2.86 bits per heavy atom. The Balaban J connectivity index is 1.42. The van der Waals surface area contributed by atoms with Crippen LogP contribution >= 0.6 is 11.8 Å². The third-order valence-corrected chi connectivity index (χ3v) is 6.27. The number of aromatic nitrogens is 2. The minimum absolute atomic E-state index is 0.0841. The second-order valence-corrected chi connectivity index (χ2v) is 8.87. The third-order valence-electron chi connectivity index (χ3n) is 3.93. The summed E-state index contributed by atoms with van der Waals surface area (Å²) in [6, 6.07) is -0.0841. The zero-order chi connectivity index (χ0) is 15.4. The monoisotopic (exact) mass is 342 g/mol. The predicted molar refractivity (Wildman–Crippen MR) is 89.5 cm³/mol. The van der Waals surface area contributed by atoms with Crippen LogP contribution in [0, 0.1) is 0 Å². The van der Waals surface area contributed by atoms with Crippen molar-refractivity contribution in [3.63, 3.8) is 0 Å². The highest BCUT2D eigenvalue weighted by molar-refractivity contribution is 7.99. The van der Waals surface area contributed by atoms with Crippen molar-refractivity contribution in [1.29, 1.82) is 0 Å². The van der Waals surface area contributed by atoms with Gasteiger partial charge in [-0.1, -0.05) is 6.08 Å². The molecular formula is C14H22N4O2S2. The van der Waals surface area contributed by atoms with E-state index in [1.165, 1.54) is 30.0 Å². The molecule has 3 rings (SSSR count). The van der Waals surface area contributed by atoms with Gasteiger partial charge >= 0.3 is 0 Å². The van der Waals surface area contributed by atoms with Gasteiger partial charge in [0, 0.05) is 60.9 Å². The third kappa shape index (κ3) is 4.58. The fourth-order valence-corrected chi connectivity index (χ4v) is 4.89. The lowest BCUT2D eigenvalue weighted by Crippen LogP contribution is -2.35. The minimum Gasteiger partial charge on any atom is -0.305 e. The molecule has 22 heavy (non-hydrogen) atoms. The Bertz CT molecular complexity index is 621. The first-order valence-corrected chi connectivity index (χ1v) is 10.4. The first kappa shape index (κ1) is 16.0. The highest BCUT2D eigenvalue weighted by Gasteiger charge is 2.21. The summed E-state index contributed by atoms with van der Waals surface area (Å²) < 4.78 is 24.7. The maximum absolute atomic E-state index is 11.3. The number of nitrogens with one attached hydrogen (secondary N) is 1. The van der Waals surface area contributed by atoms with Crippen LogP contribution in [-0.4, -0.2) is 66.0 Å². The van der Waals surface area contributed by atoms with Gasteiger partial charge in [-0.2, -0.15) is 16.9 Å². The van der Waals surface area contributed by atoms with Gasteiger partial charge in [0.25, 0.3) is 0 Å². The molecule has 3 heterocycles. The van der Waals surface area contributed by atoms with Gasteiger partial charge in [-0.15, -0.1) is 0 Å². The average Bonchev–Trinajstić information content (AvgIpc) is 3.10. The number of hydrogen-bond donors (Lipinski definition) is 1. The van der Waals surface area contributed by atoms with Crippen molar-refractivity contribution < 1.29 is 8.42 Å². The Kier molecular flexibility index (Phi) is 5.22. The Labute approximate surface area is 135 Å². The van der Waals surface area contributed by atoms with Gasteiger partial charge in [0.05, 0.1) is 18.5 Å². The first-order valence-electron chi connectivity index (χ1n) is 7.56. The van der Waals surface area contributed by atoms with Crippen molar-refractivity contribution in [2.24, 2.45) is 0 Å². The van der Waals surface area contributed by atoms with Gasteiger partial charge < -0.3 is 5.32 Å². The van der Waals surface area contributed by atoms with Crippen molar-refractivity contribution in [1.82, 2.24) is 20.0 Å². The van der Waals surface area contributed by atoms with Crippen LogP contribution in [0.2, 0.25) is 0 Å². The van der Waals surface area contributed by atoms with Gasteiger partial charge in [-0.3, -0.25) is 9.58 Å². The summed E-state index contributed by atoms with van der Waals surface area (Å²) in [4.78, 5) is 2.48. The fourth-order valence-electron chi connectivity index (χ4n) is 2.64. The topological polar surface area (TPSA) is 67.2 Å².